The van der Waals surface area contributed by atoms with E-state index in [4.69, 9.17) is 0 Å². The van der Waals surface area contributed by atoms with Crippen molar-refractivity contribution in [1.29, 1.82) is 0 Å². The Morgan fingerprint density at radius 1 is 0.521 bits per heavy atom. The number of nitrogens with zero attached hydrogens (tertiary/aromatic N) is 2. The van der Waals surface area contributed by atoms with E-state index in [1.807, 2.05) is 9.80 Å². The number of carbonyl (C=O) groups excluding carboxylic acids is 2. The summed E-state index contributed by atoms with van der Waals surface area (Å²) in [5, 5.41) is 0. The lowest BCUT2D eigenvalue weighted by molar-refractivity contribution is -0.124. The number of rotatable bonds is 24. The van der Waals surface area contributed by atoms with Gasteiger partial charge in [0, 0.05) is 22.8 Å². The van der Waals surface area contributed by atoms with Crippen molar-refractivity contribution in [2.24, 2.45) is 11.8 Å². The molecule has 0 bridgehead atoms. The molecule has 2 amide bonds. The molecule has 48 heavy (non-hydrogen) atoms. The third-order valence-corrected chi connectivity index (χ3v) is 12.8. The zero-order valence-electron chi connectivity index (χ0n) is 31.1. The number of hydrogen-bond donors (Lipinski definition) is 0. The van der Waals surface area contributed by atoms with E-state index >= 15 is 0 Å². The molecular formula is C42H64N2O2S2. The van der Waals surface area contributed by atoms with Crippen LogP contribution in [0.4, 0.5) is 0 Å². The van der Waals surface area contributed by atoms with Crippen LogP contribution in [0, 0.1) is 11.8 Å². The van der Waals surface area contributed by atoms with Gasteiger partial charge in [-0.3, -0.25) is 9.59 Å². The molecule has 2 aliphatic heterocycles. The molecule has 4 rings (SSSR count). The summed E-state index contributed by atoms with van der Waals surface area (Å²) in [6.45, 7) is 14.9. The number of fused-ring (bicyclic) bond motifs is 1. The van der Waals surface area contributed by atoms with Crippen LogP contribution in [0.3, 0.4) is 0 Å². The highest BCUT2D eigenvalue weighted by Crippen LogP contribution is 2.49. The molecule has 2 aromatic rings. The highest BCUT2D eigenvalue weighted by atomic mass is 32.1. The van der Waals surface area contributed by atoms with Crippen LogP contribution in [0.5, 0.6) is 0 Å². The summed E-state index contributed by atoms with van der Waals surface area (Å²) >= 11 is 3.60. The van der Waals surface area contributed by atoms with Crippen molar-refractivity contribution in [3.05, 3.63) is 54.9 Å². The highest BCUT2D eigenvalue weighted by molar-refractivity contribution is 7.13. The first kappa shape index (κ1) is 38.6. The maximum Gasteiger partial charge on any atom is 0.261 e. The fraction of sp³-hybridized carbons (Fsp3) is 0.667. The molecule has 0 aliphatic carbocycles. The average Bonchev–Trinajstić information content (AvgIpc) is 3.87. The van der Waals surface area contributed by atoms with Gasteiger partial charge < -0.3 is 9.80 Å². The van der Waals surface area contributed by atoms with Gasteiger partial charge in [0.25, 0.3) is 11.8 Å². The fourth-order valence-corrected chi connectivity index (χ4v) is 9.56. The Morgan fingerprint density at radius 3 is 1.27 bits per heavy atom. The van der Waals surface area contributed by atoms with Crippen LogP contribution in [0.25, 0.3) is 11.4 Å². The number of amides is 2. The van der Waals surface area contributed by atoms with E-state index in [-0.39, 0.29) is 11.8 Å². The topological polar surface area (TPSA) is 40.6 Å². The molecule has 2 atom stereocenters. The molecule has 2 unspecified atom stereocenters. The van der Waals surface area contributed by atoms with E-state index in [1.54, 1.807) is 22.7 Å². The number of hydrogen-bond acceptors (Lipinski definition) is 4. The monoisotopic (exact) mass is 692 g/mol. The maximum atomic E-state index is 14.9. The van der Waals surface area contributed by atoms with Gasteiger partial charge in [0.1, 0.15) is 0 Å². The van der Waals surface area contributed by atoms with E-state index < -0.39 is 0 Å². The molecule has 2 aliphatic rings. The molecule has 4 nitrogen and oxygen atoms in total. The maximum absolute atomic E-state index is 14.9. The third-order valence-electron chi connectivity index (χ3n) is 10.5. The normalized spacial score (nSPS) is 16.2. The van der Waals surface area contributed by atoms with Crippen LogP contribution in [-0.4, -0.2) is 34.7 Å². The van der Waals surface area contributed by atoms with E-state index in [0.717, 1.165) is 72.5 Å². The molecule has 0 radical (unpaired) electrons. The van der Waals surface area contributed by atoms with Gasteiger partial charge in [0.2, 0.25) is 0 Å². The second-order valence-corrected chi connectivity index (χ2v) is 16.6. The van der Waals surface area contributed by atoms with Crippen LogP contribution in [0.1, 0.15) is 164 Å². The van der Waals surface area contributed by atoms with E-state index in [0.29, 0.717) is 36.1 Å². The zero-order chi connectivity index (χ0) is 34.5. The van der Waals surface area contributed by atoms with Crippen molar-refractivity contribution >= 4 is 45.9 Å². The molecule has 0 fully saturated rings. The predicted octanol–water partition coefficient (Wildman–Crippen LogP) is 12.3. The standard InChI is InChI=1S/C42H64N2O2S2/c1-7-13-17-19-23-33-25-27-35(47-33)39-37-38(42(46)43(39)29-31(11-5)21-15-9-3)40(36-28-26-34(48-36)24-20-18-14-8-2)44(41(37)45)30-32(12-6)22-16-10-4/h25-28,31-32H,7-24,29-30H2,1-6H3. The number of aryl methyl sites for hydroxylation is 2. The van der Waals surface area contributed by atoms with Gasteiger partial charge >= 0.3 is 0 Å². The van der Waals surface area contributed by atoms with Crippen molar-refractivity contribution in [2.75, 3.05) is 13.1 Å². The molecule has 2 aromatic heterocycles. The lowest BCUT2D eigenvalue weighted by atomic mass is 9.98. The summed E-state index contributed by atoms with van der Waals surface area (Å²) < 4.78 is 0. The molecule has 6 heteroatoms. The minimum Gasteiger partial charge on any atom is -0.306 e. The molecule has 0 saturated heterocycles. The van der Waals surface area contributed by atoms with Crippen LogP contribution >= 0.6 is 22.7 Å². The Hall–Kier alpha value is -2.18. The Kier molecular flexibility index (Phi) is 16.0. The first-order valence-electron chi connectivity index (χ1n) is 19.7. The van der Waals surface area contributed by atoms with Crippen molar-refractivity contribution in [3.8, 4) is 0 Å². The van der Waals surface area contributed by atoms with Crippen LogP contribution in [0.15, 0.2) is 35.4 Å². The molecular weight excluding hydrogens is 629 g/mol. The molecule has 4 heterocycles. The minimum absolute atomic E-state index is 0.0400. The molecule has 0 aromatic carbocycles. The fourth-order valence-electron chi connectivity index (χ4n) is 7.34. The van der Waals surface area contributed by atoms with Crippen LogP contribution in [-0.2, 0) is 22.4 Å². The zero-order valence-corrected chi connectivity index (χ0v) is 32.8. The van der Waals surface area contributed by atoms with Crippen LogP contribution < -0.4 is 0 Å². The first-order valence-corrected chi connectivity index (χ1v) is 21.4. The van der Waals surface area contributed by atoms with Crippen molar-refractivity contribution in [2.45, 2.75) is 157 Å². The van der Waals surface area contributed by atoms with Gasteiger partial charge in [0.15, 0.2) is 0 Å². The molecule has 0 N–H and O–H groups in total. The second-order valence-electron chi connectivity index (χ2n) is 14.3. The van der Waals surface area contributed by atoms with Gasteiger partial charge in [-0.2, -0.15) is 0 Å². The van der Waals surface area contributed by atoms with Crippen molar-refractivity contribution in [3.63, 3.8) is 0 Å². The SMILES string of the molecule is CCCCCCc1ccc(C2=C3C(=O)N(CC(CC)CCCC)C(c4ccc(CCCCCC)s4)=C3C(=O)N2CC(CC)CCCC)s1. The molecule has 0 saturated carbocycles. The van der Waals surface area contributed by atoms with Gasteiger partial charge in [-0.1, -0.05) is 119 Å². The van der Waals surface area contributed by atoms with Gasteiger partial charge in [-0.15, -0.1) is 22.7 Å². The Balaban J connectivity index is 1.81. The largest absolute Gasteiger partial charge is 0.306 e. The Morgan fingerprint density at radius 2 is 0.917 bits per heavy atom. The highest BCUT2D eigenvalue weighted by Gasteiger charge is 2.50. The van der Waals surface area contributed by atoms with Gasteiger partial charge in [-0.25, -0.2) is 0 Å². The second kappa shape index (κ2) is 19.9. The molecule has 0 spiro atoms. The summed E-state index contributed by atoms with van der Waals surface area (Å²) in [7, 11) is 0. The predicted molar refractivity (Wildman–Crippen MR) is 208 cm³/mol. The van der Waals surface area contributed by atoms with Gasteiger partial charge in [0.05, 0.1) is 32.3 Å². The summed E-state index contributed by atoms with van der Waals surface area (Å²) in [5.41, 5.74) is 3.11. The van der Waals surface area contributed by atoms with Crippen molar-refractivity contribution < 1.29 is 9.59 Å². The number of carbonyl (C=O) groups is 2. The summed E-state index contributed by atoms with van der Waals surface area (Å²) in [4.78, 5) is 38.7. The minimum atomic E-state index is 0.0400. The third kappa shape index (κ3) is 9.53. The van der Waals surface area contributed by atoms with Crippen LogP contribution in [0.2, 0.25) is 0 Å². The Bertz CT molecular complexity index is 1280. The summed E-state index contributed by atoms with van der Waals surface area (Å²) in [6.07, 6.45) is 21.0. The van der Waals surface area contributed by atoms with E-state index in [1.165, 1.54) is 74.0 Å². The lowest BCUT2D eigenvalue weighted by Crippen LogP contribution is -2.34. The quantitative estimate of drug-likeness (QED) is 0.103. The molecule has 266 valence electrons. The Labute approximate surface area is 301 Å². The first-order chi connectivity index (χ1) is 23.4. The summed E-state index contributed by atoms with van der Waals surface area (Å²) in [5.74, 6) is 0.917. The van der Waals surface area contributed by atoms with E-state index in [9.17, 15) is 9.59 Å². The number of unbranched alkanes of at least 4 members (excludes halogenated alkanes) is 8. The van der Waals surface area contributed by atoms with Crippen molar-refractivity contribution in [1.82, 2.24) is 9.80 Å². The smallest absolute Gasteiger partial charge is 0.261 e. The summed E-state index contributed by atoms with van der Waals surface area (Å²) in [6, 6.07) is 8.89. The average molecular weight is 693 g/mol. The lowest BCUT2D eigenvalue weighted by Gasteiger charge is -2.29. The number of thiophene rings is 2. The van der Waals surface area contributed by atoms with E-state index in [2.05, 4.69) is 65.8 Å². The van der Waals surface area contributed by atoms with Gasteiger partial charge in [-0.05, 0) is 74.6 Å².